The molecule has 0 aromatic heterocycles. The number of aliphatic hydroxyl groups is 4. The monoisotopic (exact) mass is 358 g/mol. The Morgan fingerprint density at radius 1 is 1.00 bits per heavy atom. The molecule has 2 rings (SSSR count). The second-order valence-corrected chi connectivity index (χ2v) is 5.76. The van der Waals surface area contributed by atoms with Gasteiger partial charge in [0.25, 0.3) is 0 Å². The standard InChI is InChI=1S/C12H13Cl3O6/c13-4-1-5(14)11(6(15)2-4)21-12-10(19)9(18)8(17)7(3-16)20-12/h1-2,7-10,12,16-19H,3H2/t7-,8-,9+,10-,12+/m1/s1. The smallest absolute Gasteiger partial charge is 0.229 e. The maximum absolute atomic E-state index is 9.87. The molecule has 0 spiro atoms. The van der Waals surface area contributed by atoms with Gasteiger partial charge in [0.1, 0.15) is 24.4 Å². The summed E-state index contributed by atoms with van der Waals surface area (Å²) < 4.78 is 10.6. The highest BCUT2D eigenvalue weighted by Gasteiger charge is 2.45. The molecule has 0 amide bonds. The first-order chi connectivity index (χ1) is 9.85. The van der Waals surface area contributed by atoms with Crippen molar-refractivity contribution in [2.45, 2.75) is 30.7 Å². The molecule has 4 N–H and O–H groups in total. The van der Waals surface area contributed by atoms with Gasteiger partial charge in [0.05, 0.1) is 16.7 Å². The Morgan fingerprint density at radius 3 is 2.10 bits per heavy atom. The van der Waals surface area contributed by atoms with Crippen LogP contribution in [-0.2, 0) is 4.74 Å². The van der Waals surface area contributed by atoms with Crippen molar-refractivity contribution in [3.8, 4) is 5.75 Å². The van der Waals surface area contributed by atoms with E-state index in [0.29, 0.717) is 5.02 Å². The minimum atomic E-state index is -1.55. The molecule has 5 atom stereocenters. The minimum Gasteiger partial charge on any atom is -0.459 e. The predicted octanol–water partition coefficient (Wildman–Crippen LogP) is 0.825. The van der Waals surface area contributed by atoms with Crippen LogP contribution in [0.1, 0.15) is 0 Å². The normalized spacial score (nSPS) is 33.0. The molecule has 1 aromatic carbocycles. The average molecular weight is 360 g/mol. The van der Waals surface area contributed by atoms with Gasteiger partial charge in [0.2, 0.25) is 6.29 Å². The Labute approximate surface area is 135 Å². The third-order valence-electron chi connectivity index (χ3n) is 3.05. The lowest BCUT2D eigenvalue weighted by Gasteiger charge is -2.39. The molecule has 0 radical (unpaired) electrons. The van der Waals surface area contributed by atoms with Gasteiger partial charge in [-0.1, -0.05) is 34.8 Å². The molecule has 1 aliphatic rings. The summed E-state index contributed by atoms with van der Waals surface area (Å²) in [6.07, 6.45) is -7.02. The van der Waals surface area contributed by atoms with Crippen molar-refractivity contribution in [3.63, 3.8) is 0 Å². The summed E-state index contributed by atoms with van der Waals surface area (Å²) in [5.74, 6) is 0.00654. The van der Waals surface area contributed by atoms with E-state index < -0.39 is 37.3 Å². The van der Waals surface area contributed by atoms with E-state index >= 15 is 0 Å². The number of hydrogen-bond acceptors (Lipinski definition) is 6. The van der Waals surface area contributed by atoms with Gasteiger partial charge in [-0.25, -0.2) is 0 Å². The minimum absolute atomic E-state index is 0.00654. The fraction of sp³-hybridized carbons (Fsp3) is 0.500. The summed E-state index contributed by atoms with van der Waals surface area (Å²) in [5.41, 5.74) is 0. The Balaban J connectivity index is 2.22. The molecule has 1 saturated heterocycles. The lowest BCUT2D eigenvalue weighted by atomic mass is 9.99. The largest absolute Gasteiger partial charge is 0.459 e. The maximum atomic E-state index is 9.87. The van der Waals surface area contributed by atoms with Gasteiger partial charge in [-0.3, -0.25) is 0 Å². The molecule has 0 bridgehead atoms. The number of rotatable bonds is 3. The maximum Gasteiger partial charge on any atom is 0.229 e. The number of halogens is 3. The molecule has 1 aromatic rings. The average Bonchev–Trinajstić information content (AvgIpc) is 2.42. The zero-order chi connectivity index (χ0) is 15.7. The molecular weight excluding hydrogens is 346 g/mol. The fourth-order valence-electron chi connectivity index (χ4n) is 1.92. The first-order valence-corrected chi connectivity index (χ1v) is 7.10. The zero-order valence-corrected chi connectivity index (χ0v) is 12.8. The van der Waals surface area contributed by atoms with Gasteiger partial charge in [0.15, 0.2) is 5.75 Å². The molecule has 1 fully saturated rings. The quantitative estimate of drug-likeness (QED) is 0.638. The first kappa shape index (κ1) is 17.1. The SMILES string of the molecule is OC[C@H]1O[C@@H](Oc2c(Cl)cc(Cl)cc2Cl)[C@H](O)[C@@H](O)[C@@H]1O. The van der Waals surface area contributed by atoms with E-state index in [1.165, 1.54) is 12.1 Å². The number of aliphatic hydroxyl groups excluding tert-OH is 4. The van der Waals surface area contributed by atoms with Crippen LogP contribution in [0, 0.1) is 0 Å². The first-order valence-electron chi connectivity index (χ1n) is 5.97. The van der Waals surface area contributed by atoms with Crippen molar-refractivity contribution in [3.05, 3.63) is 27.2 Å². The van der Waals surface area contributed by atoms with E-state index in [-0.39, 0.29) is 15.8 Å². The van der Waals surface area contributed by atoms with Gasteiger partial charge in [0, 0.05) is 5.02 Å². The summed E-state index contributed by atoms with van der Waals surface area (Å²) in [4.78, 5) is 0. The molecule has 6 nitrogen and oxygen atoms in total. The fourth-order valence-corrected chi connectivity index (χ4v) is 2.83. The molecule has 118 valence electrons. The second kappa shape index (κ2) is 6.85. The molecule has 9 heteroatoms. The van der Waals surface area contributed by atoms with Crippen molar-refractivity contribution >= 4 is 34.8 Å². The Morgan fingerprint density at radius 2 is 1.57 bits per heavy atom. The lowest BCUT2D eigenvalue weighted by molar-refractivity contribution is -0.277. The van der Waals surface area contributed by atoms with Gasteiger partial charge >= 0.3 is 0 Å². The highest BCUT2D eigenvalue weighted by Crippen LogP contribution is 2.37. The predicted molar refractivity (Wildman–Crippen MR) is 75.9 cm³/mol. The molecule has 1 aliphatic heterocycles. The van der Waals surface area contributed by atoms with Crippen molar-refractivity contribution in [1.29, 1.82) is 0 Å². The topological polar surface area (TPSA) is 99.4 Å². The molecule has 0 saturated carbocycles. The van der Waals surface area contributed by atoms with Gasteiger partial charge < -0.3 is 29.9 Å². The van der Waals surface area contributed by atoms with Gasteiger partial charge in [-0.05, 0) is 12.1 Å². The highest BCUT2D eigenvalue weighted by atomic mass is 35.5. The highest BCUT2D eigenvalue weighted by molar-refractivity contribution is 6.40. The van der Waals surface area contributed by atoms with E-state index in [1.54, 1.807) is 0 Å². The van der Waals surface area contributed by atoms with Crippen LogP contribution in [0.3, 0.4) is 0 Å². The van der Waals surface area contributed by atoms with Crippen molar-refractivity contribution < 1.29 is 29.9 Å². The number of benzene rings is 1. The van der Waals surface area contributed by atoms with E-state index in [1.807, 2.05) is 0 Å². The van der Waals surface area contributed by atoms with Crippen LogP contribution in [-0.4, -0.2) is 57.7 Å². The second-order valence-electron chi connectivity index (χ2n) is 4.51. The third kappa shape index (κ3) is 3.55. The van der Waals surface area contributed by atoms with Crippen LogP contribution in [0.4, 0.5) is 0 Å². The Kier molecular flexibility index (Phi) is 5.56. The molecular formula is C12H13Cl3O6. The summed E-state index contributed by atoms with van der Waals surface area (Å²) in [5, 5.41) is 38.8. The third-order valence-corrected chi connectivity index (χ3v) is 3.83. The lowest BCUT2D eigenvalue weighted by Crippen LogP contribution is -2.60. The van der Waals surface area contributed by atoms with Crippen LogP contribution >= 0.6 is 34.8 Å². The van der Waals surface area contributed by atoms with E-state index in [9.17, 15) is 15.3 Å². The zero-order valence-electron chi connectivity index (χ0n) is 10.5. The summed E-state index contributed by atoms with van der Waals surface area (Å²) in [6, 6.07) is 2.77. The van der Waals surface area contributed by atoms with Crippen molar-refractivity contribution in [2.24, 2.45) is 0 Å². The summed E-state index contributed by atoms with van der Waals surface area (Å²) in [7, 11) is 0. The van der Waals surface area contributed by atoms with Crippen LogP contribution < -0.4 is 4.74 Å². The number of ether oxygens (including phenoxy) is 2. The summed E-state index contributed by atoms with van der Waals surface area (Å²) >= 11 is 17.7. The van der Waals surface area contributed by atoms with Crippen LogP contribution in [0.15, 0.2) is 12.1 Å². The van der Waals surface area contributed by atoms with Crippen molar-refractivity contribution in [1.82, 2.24) is 0 Å². The number of hydrogen-bond donors (Lipinski definition) is 4. The molecule has 0 unspecified atom stereocenters. The molecule has 0 aliphatic carbocycles. The van der Waals surface area contributed by atoms with Gasteiger partial charge in [-0.15, -0.1) is 0 Å². The van der Waals surface area contributed by atoms with Crippen LogP contribution in [0.25, 0.3) is 0 Å². The van der Waals surface area contributed by atoms with E-state index in [2.05, 4.69) is 0 Å². The van der Waals surface area contributed by atoms with E-state index in [4.69, 9.17) is 49.4 Å². The van der Waals surface area contributed by atoms with Crippen LogP contribution in [0.5, 0.6) is 5.75 Å². The Bertz CT molecular complexity index is 489. The van der Waals surface area contributed by atoms with E-state index in [0.717, 1.165) is 0 Å². The molecule has 1 heterocycles. The molecule has 21 heavy (non-hydrogen) atoms. The van der Waals surface area contributed by atoms with Crippen LogP contribution in [0.2, 0.25) is 15.1 Å². The van der Waals surface area contributed by atoms with Gasteiger partial charge in [-0.2, -0.15) is 0 Å². The Hall–Kier alpha value is -0.310. The summed E-state index contributed by atoms with van der Waals surface area (Å²) in [6.45, 7) is -0.563. The van der Waals surface area contributed by atoms with Crippen molar-refractivity contribution in [2.75, 3.05) is 6.61 Å².